The lowest BCUT2D eigenvalue weighted by atomic mass is 9.99. The highest BCUT2D eigenvalue weighted by Gasteiger charge is 2.24. The van der Waals surface area contributed by atoms with E-state index in [2.05, 4.69) is 33.5 Å². The van der Waals surface area contributed by atoms with Crippen LogP contribution in [0.25, 0.3) is 0 Å². The van der Waals surface area contributed by atoms with Crippen molar-refractivity contribution in [3.05, 3.63) is 11.6 Å². The largest absolute Gasteiger partial charge is 0.314 e. The fourth-order valence-electron chi connectivity index (χ4n) is 4.10. The second-order valence-electron chi connectivity index (χ2n) is 7.60. The summed E-state index contributed by atoms with van der Waals surface area (Å²) in [5.41, 5.74) is 0. The molecule has 0 spiro atoms. The Kier molecular flexibility index (Phi) is 5.51. The average Bonchev–Trinajstić information content (AvgIpc) is 2.68. The van der Waals surface area contributed by atoms with Crippen LogP contribution in [-0.4, -0.2) is 32.3 Å². The molecule has 22 heavy (non-hydrogen) atoms. The van der Waals surface area contributed by atoms with E-state index >= 15 is 0 Å². The lowest BCUT2D eigenvalue weighted by Gasteiger charge is -2.31. The molecule has 4 nitrogen and oxygen atoms in total. The molecule has 0 radical (unpaired) electrons. The molecule has 3 rings (SSSR count). The first-order chi connectivity index (χ1) is 10.7. The molecule has 2 aliphatic heterocycles. The van der Waals surface area contributed by atoms with Gasteiger partial charge in [-0.2, -0.15) is 0 Å². The van der Waals surface area contributed by atoms with Crippen molar-refractivity contribution in [3.8, 4) is 0 Å². The van der Waals surface area contributed by atoms with Gasteiger partial charge in [0.15, 0.2) is 0 Å². The number of fused-ring (bicyclic) bond motifs is 1. The van der Waals surface area contributed by atoms with Crippen LogP contribution in [0.2, 0.25) is 0 Å². The van der Waals surface area contributed by atoms with Crippen molar-refractivity contribution in [1.82, 2.24) is 19.7 Å². The molecule has 0 aromatic carbocycles. The third kappa shape index (κ3) is 3.89. The quantitative estimate of drug-likeness (QED) is 0.848. The van der Waals surface area contributed by atoms with E-state index in [4.69, 9.17) is 0 Å². The summed E-state index contributed by atoms with van der Waals surface area (Å²) in [6.45, 7) is 8.07. The van der Waals surface area contributed by atoms with Crippen LogP contribution in [0.4, 0.5) is 0 Å². The third-order valence-corrected chi connectivity index (χ3v) is 5.27. The van der Waals surface area contributed by atoms with E-state index in [1.165, 1.54) is 69.6 Å². The summed E-state index contributed by atoms with van der Waals surface area (Å²) in [6.07, 6.45) is 11.8. The highest BCUT2D eigenvalue weighted by Crippen LogP contribution is 2.24. The van der Waals surface area contributed by atoms with E-state index in [1.807, 2.05) is 0 Å². The van der Waals surface area contributed by atoms with Crippen molar-refractivity contribution in [2.75, 3.05) is 6.54 Å². The third-order valence-electron chi connectivity index (χ3n) is 5.27. The molecule has 1 saturated heterocycles. The maximum Gasteiger partial charge on any atom is 0.147 e. The molecule has 4 heteroatoms. The predicted molar refractivity (Wildman–Crippen MR) is 89.7 cm³/mol. The van der Waals surface area contributed by atoms with Gasteiger partial charge in [-0.3, -0.25) is 4.90 Å². The zero-order valence-corrected chi connectivity index (χ0v) is 14.4. The molecular formula is C18H32N4. The van der Waals surface area contributed by atoms with Gasteiger partial charge in [-0.05, 0) is 44.6 Å². The monoisotopic (exact) mass is 304 g/mol. The summed E-state index contributed by atoms with van der Waals surface area (Å²) in [6, 6.07) is 0.737. The molecule has 0 N–H and O–H groups in total. The molecule has 1 fully saturated rings. The van der Waals surface area contributed by atoms with Gasteiger partial charge < -0.3 is 4.57 Å². The Morgan fingerprint density at radius 2 is 1.82 bits per heavy atom. The van der Waals surface area contributed by atoms with Crippen LogP contribution >= 0.6 is 0 Å². The standard InChI is InChI=1S/C18H32N4/c1-15(2)13-16-9-5-3-7-11-21(16)14-18-20-19-17-10-6-4-8-12-22(17)18/h15-16H,3-14H2,1-2H3/t16-/m1/s1. The number of rotatable bonds is 4. The minimum absolute atomic E-state index is 0.737. The van der Waals surface area contributed by atoms with E-state index in [1.54, 1.807) is 0 Å². The Hall–Kier alpha value is -0.900. The van der Waals surface area contributed by atoms with Gasteiger partial charge in [0, 0.05) is 19.0 Å². The Labute approximate surface area is 135 Å². The van der Waals surface area contributed by atoms with E-state index in [0.29, 0.717) is 0 Å². The topological polar surface area (TPSA) is 34.0 Å². The zero-order valence-electron chi connectivity index (χ0n) is 14.4. The van der Waals surface area contributed by atoms with Crippen molar-refractivity contribution >= 4 is 0 Å². The number of aromatic nitrogens is 3. The minimum Gasteiger partial charge on any atom is -0.314 e. The lowest BCUT2D eigenvalue weighted by molar-refractivity contribution is 0.162. The van der Waals surface area contributed by atoms with Gasteiger partial charge in [0.2, 0.25) is 0 Å². The SMILES string of the molecule is CC(C)C[C@H]1CCCCCN1Cc1nnc2n1CCCCC2. The molecule has 0 aliphatic carbocycles. The van der Waals surface area contributed by atoms with Crippen LogP contribution < -0.4 is 0 Å². The zero-order chi connectivity index (χ0) is 15.4. The summed E-state index contributed by atoms with van der Waals surface area (Å²) in [7, 11) is 0. The molecule has 124 valence electrons. The first-order valence-electron chi connectivity index (χ1n) is 9.39. The number of aryl methyl sites for hydroxylation is 1. The molecule has 0 amide bonds. The molecule has 1 aromatic heterocycles. The minimum atomic E-state index is 0.737. The number of likely N-dealkylation sites (tertiary alicyclic amines) is 1. The second-order valence-corrected chi connectivity index (χ2v) is 7.60. The van der Waals surface area contributed by atoms with Crippen molar-refractivity contribution in [1.29, 1.82) is 0 Å². The van der Waals surface area contributed by atoms with Crippen molar-refractivity contribution in [2.45, 2.75) is 90.8 Å². The number of nitrogens with zero attached hydrogens (tertiary/aromatic N) is 4. The van der Waals surface area contributed by atoms with Gasteiger partial charge >= 0.3 is 0 Å². The predicted octanol–water partition coefficient (Wildman–Crippen LogP) is 3.80. The molecule has 0 unspecified atom stereocenters. The van der Waals surface area contributed by atoms with Gasteiger partial charge in [-0.25, -0.2) is 0 Å². The van der Waals surface area contributed by atoms with Crippen LogP contribution in [-0.2, 0) is 19.5 Å². The first kappa shape index (κ1) is 16.0. The van der Waals surface area contributed by atoms with Crippen LogP contribution in [0.5, 0.6) is 0 Å². The second kappa shape index (κ2) is 7.58. The molecule has 1 atom stereocenters. The molecular weight excluding hydrogens is 272 g/mol. The van der Waals surface area contributed by atoms with Gasteiger partial charge in [0.1, 0.15) is 11.6 Å². The molecule has 2 aliphatic rings. The normalized spacial score (nSPS) is 24.0. The van der Waals surface area contributed by atoms with Crippen molar-refractivity contribution < 1.29 is 0 Å². The van der Waals surface area contributed by atoms with Gasteiger partial charge in [-0.15, -0.1) is 10.2 Å². The molecule has 0 saturated carbocycles. The van der Waals surface area contributed by atoms with Gasteiger partial charge in [0.05, 0.1) is 6.54 Å². The van der Waals surface area contributed by atoms with Crippen molar-refractivity contribution in [3.63, 3.8) is 0 Å². The summed E-state index contributed by atoms with van der Waals surface area (Å²) < 4.78 is 2.42. The Morgan fingerprint density at radius 3 is 2.68 bits per heavy atom. The lowest BCUT2D eigenvalue weighted by Crippen LogP contribution is -2.36. The summed E-state index contributed by atoms with van der Waals surface area (Å²) in [5, 5.41) is 9.03. The Morgan fingerprint density at radius 1 is 1.00 bits per heavy atom. The summed E-state index contributed by atoms with van der Waals surface area (Å²) in [5.74, 6) is 3.22. The fraction of sp³-hybridized carbons (Fsp3) is 0.889. The maximum atomic E-state index is 4.55. The van der Waals surface area contributed by atoms with Crippen LogP contribution in [0.3, 0.4) is 0 Å². The summed E-state index contributed by atoms with van der Waals surface area (Å²) in [4.78, 5) is 2.70. The van der Waals surface area contributed by atoms with E-state index < -0.39 is 0 Å². The number of hydrogen-bond acceptors (Lipinski definition) is 3. The maximum absolute atomic E-state index is 4.55. The Bertz CT molecular complexity index is 466. The first-order valence-corrected chi connectivity index (χ1v) is 9.39. The smallest absolute Gasteiger partial charge is 0.147 e. The fourth-order valence-corrected chi connectivity index (χ4v) is 4.10. The van der Waals surface area contributed by atoms with Gasteiger partial charge in [-0.1, -0.05) is 33.1 Å². The van der Waals surface area contributed by atoms with Crippen LogP contribution in [0, 0.1) is 5.92 Å². The van der Waals surface area contributed by atoms with Crippen LogP contribution in [0.15, 0.2) is 0 Å². The highest BCUT2D eigenvalue weighted by atomic mass is 15.3. The average molecular weight is 304 g/mol. The van der Waals surface area contributed by atoms with E-state index in [-0.39, 0.29) is 0 Å². The number of hydrogen-bond donors (Lipinski definition) is 0. The molecule has 3 heterocycles. The van der Waals surface area contributed by atoms with E-state index in [9.17, 15) is 0 Å². The highest BCUT2D eigenvalue weighted by molar-refractivity contribution is 4.98. The van der Waals surface area contributed by atoms with E-state index in [0.717, 1.165) is 31.5 Å². The van der Waals surface area contributed by atoms with Gasteiger partial charge in [0.25, 0.3) is 0 Å². The molecule has 0 bridgehead atoms. The van der Waals surface area contributed by atoms with Crippen LogP contribution in [0.1, 0.15) is 76.9 Å². The Balaban J connectivity index is 1.73. The molecule has 1 aromatic rings. The summed E-state index contributed by atoms with van der Waals surface area (Å²) >= 11 is 0. The van der Waals surface area contributed by atoms with Crippen molar-refractivity contribution in [2.24, 2.45) is 5.92 Å².